The van der Waals surface area contributed by atoms with Crippen LogP contribution in [0.1, 0.15) is 31.3 Å². The second-order valence-corrected chi connectivity index (χ2v) is 3.10. The predicted octanol–water partition coefficient (Wildman–Crippen LogP) is 1.49. The van der Waals surface area contributed by atoms with E-state index in [-0.39, 0.29) is 0 Å². The van der Waals surface area contributed by atoms with Crippen LogP contribution in [0.15, 0.2) is 6.20 Å². The SMILES string of the molecule is CCCCc1[nH]c(C)c[n+]1C. The number of nitrogens with zero attached hydrogens (tertiary/aromatic N) is 1. The Kier molecular flexibility index (Phi) is 2.69. The fourth-order valence-corrected chi connectivity index (χ4v) is 1.30. The normalized spacial score (nSPS) is 10.5. The quantitative estimate of drug-likeness (QED) is 0.635. The van der Waals surface area contributed by atoms with Crippen LogP contribution in [0.5, 0.6) is 0 Å². The van der Waals surface area contributed by atoms with E-state index in [1.165, 1.54) is 30.8 Å². The summed E-state index contributed by atoms with van der Waals surface area (Å²) in [7, 11) is 2.09. The molecule has 1 N–H and O–H groups in total. The highest BCUT2D eigenvalue weighted by Gasteiger charge is 2.07. The van der Waals surface area contributed by atoms with Gasteiger partial charge in [-0.2, -0.15) is 0 Å². The first-order chi connectivity index (χ1) is 5.24. The Labute approximate surface area is 68.3 Å². The van der Waals surface area contributed by atoms with Crippen molar-refractivity contribution in [3.05, 3.63) is 17.7 Å². The van der Waals surface area contributed by atoms with Crippen molar-refractivity contribution in [1.29, 1.82) is 0 Å². The van der Waals surface area contributed by atoms with Crippen molar-refractivity contribution in [2.75, 3.05) is 0 Å². The van der Waals surface area contributed by atoms with Crippen LogP contribution in [0.2, 0.25) is 0 Å². The van der Waals surface area contributed by atoms with Crippen molar-refractivity contribution < 1.29 is 4.57 Å². The van der Waals surface area contributed by atoms with E-state index < -0.39 is 0 Å². The van der Waals surface area contributed by atoms with Gasteiger partial charge in [0.1, 0.15) is 11.9 Å². The molecule has 0 saturated carbocycles. The van der Waals surface area contributed by atoms with Gasteiger partial charge in [0.05, 0.1) is 7.05 Å². The molecular formula is C9H17N2+. The van der Waals surface area contributed by atoms with Crippen molar-refractivity contribution in [3.8, 4) is 0 Å². The van der Waals surface area contributed by atoms with Crippen molar-refractivity contribution in [1.82, 2.24) is 4.98 Å². The molecule has 0 unspecified atom stereocenters. The molecule has 0 fully saturated rings. The molecule has 2 nitrogen and oxygen atoms in total. The molecule has 0 aliphatic rings. The molecule has 1 heterocycles. The molecule has 11 heavy (non-hydrogen) atoms. The van der Waals surface area contributed by atoms with Crippen LogP contribution in [0.3, 0.4) is 0 Å². The second kappa shape index (κ2) is 3.56. The summed E-state index contributed by atoms with van der Waals surface area (Å²) < 4.78 is 2.17. The van der Waals surface area contributed by atoms with Gasteiger partial charge >= 0.3 is 0 Å². The first kappa shape index (κ1) is 8.31. The molecule has 0 aromatic carbocycles. The summed E-state index contributed by atoms with van der Waals surface area (Å²) in [5.41, 5.74) is 1.25. The maximum Gasteiger partial charge on any atom is 0.254 e. The summed E-state index contributed by atoms with van der Waals surface area (Å²) in [5.74, 6) is 1.34. The Balaban J connectivity index is 2.62. The van der Waals surface area contributed by atoms with E-state index in [0.717, 1.165) is 0 Å². The molecule has 0 amide bonds. The van der Waals surface area contributed by atoms with Gasteiger partial charge in [0, 0.05) is 13.3 Å². The molecule has 0 bridgehead atoms. The summed E-state index contributed by atoms with van der Waals surface area (Å²) in [6.07, 6.45) is 5.83. The van der Waals surface area contributed by atoms with Gasteiger partial charge in [-0.1, -0.05) is 13.3 Å². The van der Waals surface area contributed by atoms with Crippen LogP contribution in [0.4, 0.5) is 0 Å². The smallest absolute Gasteiger partial charge is 0.245 e. The van der Waals surface area contributed by atoms with E-state index in [1.54, 1.807) is 0 Å². The van der Waals surface area contributed by atoms with Gasteiger partial charge in [0.2, 0.25) is 0 Å². The Hall–Kier alpha value is -0.790. The summed E-state index contributed by atoms with van der Waals surface area (Å²) in [5, 5.41) is 0. The summed E-state index contributed by atoms with van der Waals surface area (Å²) in [6.45, 7) is 4.31. The maximum absolute atomic E-state index is 3.34. The van der Waals surface area contributed by atoms with Gasteiger partial charge in [0.15, 0.2) is 0 Å². The number of aryl methyl sites for hydroxylation is 3. The molecule has 0 aliphatic heterocycles. The lowest BCUT2D eigenvalue weighted by Gasteiger charge is -1.91. The lowest BCUT2D eigenvalue weighted by atomic mass is 10.2. The van der Waals surface area contributed by atoms with Crippen molar-refractivity contribution in [3.63, 3.8) is 0 Å². The first-order valence-corrected chi connectivity index (χ1v) is 4.28. The van der Waals surface area contributed by atoms with Crippen LogP contribution >= 0.6 is 0 Å². The highest BCUT2D eigenvalue weighted by Crippen LogP contribution is 1.98. The summed E-state index contributed by atoms with van der Waals surface area (Å²) in [6, 6.07) is 0. The highest BCUT2D eigenvalue weighted by molar-refractivity contribution is 4.90. The molecule has 0 saturated heterocycles. The number of rotatable bonds is 3. The third kappa shape index (κ3) is 2.07. The molecule has 62 valence electrons. The second-order valence-electron chi connectivity index (χ2n) is 3.10. The summed E-state index contributed by atoms with van der Waals surface area (Å²) in [4.78, 5) is 3.34. The van der Waals surface area contributed by atoms with Crippen LogP contribution in [0.25, 0.3) is 0 Å². The van der Waals surface area contributed by atoms with E-state index in [1.807, 2.05) is 0 Å². The number of hydrogen-bond donors (Lipinski definition) is 1. The molecule has 1 aromatic rings. The fourth-order valence-electron chi connectivity index (χ4n) is 1.30. The van der Waals surface area contributed by atoms with Gasteiger partial charge in [-0.05, 0) is 6.42 Å². The van der Waals surface area contributed by atoms with Gasteiger partial charge in [0.25, 0.3) is 5.82 Å². The Morgan fingerprint density at radius 1 is 1.55 bits per heavy atom. The Bertz CT molecular complexity index is 225. The van der Waals surface area contributed by atoms with Crippen LogP contribution in [0, 0.1) is 6.92 Å². The number of nitrogens with one attached hydrogen (secondary N) is 1. The molecule has 0 radical (unpaired) electrons. The number of H-pyrrole nitrogens is 1. The van der Waals surface area contributed by atoms with E-state index >= 15 is 0 Å². The zero-order valence-electron chi connectivity index (χ0n) is 7.65. The highest BCUT2D eigenvalue weighted by atomic mass is 15.0. The van der Waals surface area contributed by atoms with Gasteiger partial charge < -0.3 is 0 Å². The first-order valence-electron chi connectivity index (χ1n) is 4.28. The van der Waals surface area contributed by atoms with Gasteiger partial charge in [-0.15, -0.1) is 0 Å². The van der Waals surface area contributed by atoms with Crippen molar-refractivity contribution in [2.45, 2.75) is 33.1 Å². The van der Waals surface area contributed by atoms with E-state index in [2.05, 4.69) is 36.6 Å². The van der Waals surface area contributed by atoms with Crippen LogP contribution in [-0.4, -0.2) is 4.98 Å². The number of imidazole rings is 1. The Morgan fingerprint density at radius 2 is 2.27 bits per heavy atom. The Morgan fingerprint density at radius 3 is 2.73 bits per heavy atom. The predicted molar refractivity (Wildman–Crippen MR) is 45.3 cm³/mol. The monoisotopic (exact) mass is 153 g/mol. The third-order valence-corrected chi connectivity index (χ3v) is 1.92. The zero-order valence-corrected chi connectivity index (χ0v) is 7.65. The lowest BCUT2D eigenvalue weighted by Crippen LogP contribution is -2.30. The molecule has 1 rings (SSSR count). The molecule has 0 atom stereocenters. The summed E-state index contributed by atoms with van der Waals surface area (Å²) >= 11 is 0. The standard InChI is InChI=1S/C9H16N2/c1-4-5-6-9-10-8(2)7-11(9)3/h7H,4-6H2,1-3H3/p+1. The van der Waals surface area contributed by atoms with E-state index in [0.29, 0.717) is 0 Å². The molecule has 0 aliphatic carbocycles. The zero-order chi connectivity index (χ0) is 8.27. The van der Waals surface area contributed by atoms with Crippen molar-refractivity contribution in [2.24, 2.45) is 7.05 Å². The average molecular weight is 153 g/mol. The number of aromatic nitrogens is 2. The minimum Gasteiger partial charge on any atom is -0.245 e. The third-order valence-electron chi connectivity index (χ3n) is 1.92. The van der Waals surface area contributed by atoms with Crippen LogP contribution < -0.4 is 4.57 Å². The molecule has 2 heteroatoms. The van der Waals surface area contributed by atoms with Gasteiger partial charge in [-0.25, -0.2) is 9.55 Å². The molecule has 0 spiro atoms. The number of hydrogen-bond acceptors (Lipinski definition) is 0. The van der Waals surface area contributed by atoms with E-state index in [4.69, 9.17) is 0 Å². The minimum absolute atomic E-state index is 1.17. The van der Waals surface area contributed by atoms with Crippen molar-refractivity contribution >= 4 is 0 Å². The van der Waals surface area contributed by atoms with Crippen LogP contribution in [-0.2, 0) is 13.5 Å². The average Bonchev–Trinajstić information content (AvgIpc) is 2.26. The fraction of sp³-hybridized carbons (Fsp3) is 0.667. The van der Waals surface area contributed by atoms with E-state index in [9.17, 15) is 0 Å². The minimum atomic E-state index is 1.17. The molecular weight excluding hydrogens is 136 g/mol. The maximum atomic E-state index is 3.34. The number of unbranched alkanes of at least 4 members (excludes halogenated alkanes) is 1. The number of aromatic amines is 1. The van der Waals surface area contributed by atoms with Gasteiger partial charge in [-0.3, -0.25) is 0 Å². The topological polar surface area (TPSA) is 19.7 Å². The largest absolute Gasteiger partial charge is 0.254 e. The molecule has 1 aromatic heterocycles. The lowest BCUT2D eigenvalue weighted by molar-refractivity contribution is -0.678.